The fraction of sp³-hybridized carbons (Fsp3) is 0.667. The molecule has 128 valence electrons. The minimum atomic E-state index is -0.431. The maximum absolute atomic E-state index is 12.1. The summed E-state index contributed by atoms with van der Waals surface area (Å²) in [6.45, 7) is 10.4. The molecule has 0 unspecified atom stereocenters. The third kappa shape index (κ3) is 5.20. The van der Waals surface area contributed by atoms with E-state index in [-0.39, 0.29) is 12.1 Å². The number of carbonyl (C=O) groups excluding carboxylic acids is 1. The Hall–Kier alpha value is -1.62. The monoisotopic (exact) mass is 319 g/mol. The van der Waals surface area contributed by atoms with Crippen molar-refractivity contribution >= 4 is 6.09 Å². The number of rotatable bonds is 4. The highest BCUT2D eigenvalue weighted by Crippen LogP contribution is 2.23. The van der Waals surface area contributed by atoms with Gasteiger partial charge in [-0.3, -0.25) is 9.88 Å². The Kier molecular flexibility index (Phi) is 5.63. The van der Waals surface area contributed by atoms with Crippen LogP contribution in [0.3, 0.4) is 0 Å². The number of hydrogen-bond donors (Lipinski definition) is 0. The fourth-order valence-electron chi connectivity index (χ4n) is 2.89. The van der Waals surface area contributed by atoms with Gasteiger partial charge in [0.05, 0.1) is 5.69 Å². The van der Waals surface area contributed by atoms with Gasteiger partial charge in [-0.2, -0.15) is 0 Å². The van der Waals surface area contributed by atoms with Crippen molar-refractivity contribution in [3.05, 3.63) is 30.1 Å². The van der Waals surface area contributed by atoms with Crippen molar-refractivity contribution in [3.63, 3.8) is 0 Å². The summed E-state index contributed by atoms with van der Waals surface area (Å²) >= 11 is 0. The molecule has 1 aliphatic rings. The summed E-state index contributed by atoms with van der Waals surface area (Å²) in [5.41, 5.74) is 0.649. The zero-order valence-corrected chi connectivity index (χ0v) is 15.0. The van der Waals surface area contributed by atoms with Crippen LogP contribution >= 0.6 is 0 Å². The first-order valence-corrected chi connectivity index (χ1v) is 8.35. The lowest BCUT2D eigenvalue weighted by Crippen LogP contribution is -2.36. The maximum atomic E-state index is 12.1. The van der Waals surface area contributed by atoms with Crippen molar-refractivity contribution in [2.24, 2.45) is 5.92 Å². The summed E-state index contributed by atoms with van der Waals surface area (Å²) in [5, 5.41) is 0. The highest BCUT2D eigenvalue weighted by Gasteiger charge is 2.30. The van der Waals surface area contributed by atoms with Crippen LogP contribution in [0.25, 0.3) is 0 Å². The second-order valence-corrected chi connectivity index (χ2v) is 7.45. The largest absolute Gasteiger partial charge is 0.444 e. The first kappa shape index (κ1) is 17.7. The van der Waals surface area contributed by atoms with Crippen LogP contribution in [0.4, 0.5) is 4.79 Å². The van der Waals surface area contributed by atoms with Gasteiger partial charge in [0.2, 0.25) is 0 Å². The predicted octanol–water partition coefficient (Wildman–Crippen LogP) is 3.33. The molecule has 1 fully saturated rings. The molecule has 2 heterocycles. The Morgan fingerprint density at radius 2 is 2.22 bits per heavy atom. The Balaban J connectivity index is 1.84. The van der Waals surface area contributed by atoms with E-state index in [1.165, 1.54) is 0 Å². The van der Waals surface area contributed by atoms with Gasteiger partial charge in [0.1, 0.15) is 5.60 Å². The summed E-state index contributed by atoms with van der Waals surface area (Å²) in [7, 11) is 2.12. The zero-order chi connectivity index (χ0) is 17.0. The van der Waals surface area contributed by atoms with Crippen molar-refractivity contribution in [2.45, 2.75) is 45.8 Å². The van der Waals surface area contributed by atoms with Crippen molar-refractivity contribution in [3.8, 4) is 0 Å². The fourth-order valence-corrected chi connectivity index (χ4v) is 2.89. The smallest absolute Gasteiger partial charge is 0.410 e. The van der Waals surface area contributed by atoms with Gasteiger partial charge in [-0.05, 0) is 59.2 Å². The highest BCUT2D eigenvalue weighted by molar-refractivity contribution is 5.68. The third-order valence-electron chi connectivity index (χ3n) is 4.26. The van der Waals surface area contributed by atoms with E-state index in [2.05, 4.69) is 29.9 Å². The summed E-state index contributed by atoms with van der Waals surface area (Å²) in [6.07, 6.45) is 2.67. The second kappa shape index (κ2) is 7.30. The number of pyridine rings is 1. The first-order chi connectivity index (χ1) is 10.8. The van der Waals surface area contributed by atoms with E-state index in [1.807, 2.05) is 44.0 Å². The lowest BCUT2D eigenvalue weighted by Gasteiger charge is -2.27. The molecule has 0 N–H and O–H groups in total. The van der Waals surface area contributed by atoms with E-state index in [0.717, 1.165) is 31.7 Å². The van der Waals surface area contributed by atoms with Crippen LogP contribution in [-0.2, 0) is 4.74 Å². The van der Waals surface area contributed by atoms with E-state index in [9.17, 15) is 4.79 Å². The number of likely N-dealkylation sites (tertiary alicyclic amines) is 1. The Labute approximate surface area is 139 Å². The molecule has 0 radical (unpaired) electrons. The minimum absolute atomic E-state index is 0.194. The van der Waals surface area contributed by atoms with Crippen molar-refractivity contribution in [1.29, 1.82) is 0 Å². The van der Waals surface area contributed by atoms with Crippen LogP contribution in [0, 0.1) is 5.92 Å². The van der Waals surface area contributed by atoms with Crippen LogP contribution in [-0.4, -0.2) is 53.2 Å². The van der Waals surface area contributed by atoms with E-state index in [1.54, 1.807) is 0 Å². The maximum Gasteiger partial charge on any atom is 0.410 e. The van der Waals surface area contributed by atoms with E-state index in [0.29, 0.717) is 5.92 Å². The first-order valence-electron chi connectivity index (χ1n) is 8.35. The highest BCUT2D eigenvalue weighted by atomic mass is 16.6. The van der Waals surface area contributed by atoms with Crippen LogP contribution in [0.1, 0.15) is 45.9 Å². The van der Waals surface area contributed by atoms with E-state index >= 15 is 0 Å². The van der Waals surface area contributed by atoms with Crippen molar-refractivity contribution in [2.75, 3.05) is 26.7 Å². The van der Waals surface area contributed by atoms with Crippen molar-refractivity contribution < 1.29 is 9.53 Å². The average Bonchev–Trinajstić information content (AvgIpc) is 2.94. The molecular weight excluding hydrogens is 290 g/mol. The SMILES string of the molecule is C[C@@H](c1ccccn1)N(C)C[C@@H]1CCN(C(=O)OC(C)(C)C)C1. The lowest BCUT2D eigenvalue weighted by atomic mass is 10.1. The standard InChI is InChI=1S/C18H29N3O2/c1-14(16-8-6-7-10-19-16)20(5)12-15-9-11-21(13-15)17(22)23-18(2,3)4/h6-8,10,14-15H,9,11-13H2,1-5H3/t14-,15-/m0/s1. The normalized spacial score (nSPS) is 19.9. The predicted molar refractivity (Wildman–Crippen MR) is 91.2 cm³/mol. The van der Waals surface area contributed by atoms with Crippen LogP contribution in [0.5, 0.6) is 0 Å². The van der Waals surface area contributed by atoms with Gasteiger partial charge in [0.25, 0.3) is 0 Å². The van der Waals surface area contributed by atoms with Crippen LogP contribution < -0.4 is 0 Å². The third-order valence-corrected chi connectivity index (χ3v) is 4.26. The lowest BCUT2D eigenvalue weighted by molar-refractivity contribution is 0.0285. The Morgan fingerprint density at radius 1 is 1.48 bits per heavy atom. The number of amides is 1. The molecule has 0 spiro atoms. The molecule has 2 atom stereocenters. The minimum Gasteiger partial charge on any atom is -0.444 e. The van der Waals surface area contributed by atoms with Gasteiger partial charge < -0.3 is 9.64 Å². The van der Waals surface area contributed by atoms with E-state index < -0.39 is 5.60 Å². The molecule has 5 heteroatoms. The van der Waals surface area contributed by atoms with Crippen LogP contribution in [0.15, 0.2) is 24.4 Å². The number of carbonyl (C=O) groups is 1. The molecule has 23 heavy (non-hydrogen) atoms. The number of aromatic nitrogens is 1. The molecule has 1 saturated heterocycles. The zero-order valence-electron chi connectivity index (χ0n) is 15.0. The molecular formula is C18H29N3O2. The molecule has 1 amide bonds. The second-order valence-electron chi connectivity index (χ2n) is 7.45. The van der Waals surface area contributed by atoms with Gasteiger partial charge in [-0.1, -0.05) is 6.07 Å². The van der Waals surface area contributed by atoms with Crippen LogP contribution in [0.2, 0.25) is 0 Å². The molecule has 1 aliphatic heterocycles. The Bertz CT molecular complexity index is 513. The van der Waals surface area contributed by atoms with Gasteiger partial charge in [-0.15, -0.1) is 0 Å². The van der Waals surface area contributed by atoms with Gasteiger partial charge >= 0.3 is 6.09 Å². The number of nitrogens with zero attached hydrogens (tertiary/aromatic N) is 3. The summed E-state index contributed by atoms with van der Waals surface area (Å²) < 4.78 is 5.46. The van der Waals surface area contributed by atoms with Gasteiger partial charge in [-0.25, -0.2) is 4.79 Å². The Morgan fingerprint density at radius 3 is 2.83 bits per heavy atom. The number of hydrogen-bond acceptors (Lipinski definition) is 4. The molecule has 2 rings (SSSR count). The van der Waals surface area contributed by atoms with Crippen molar-refractivity contribution in [1.82, 2.24) is 14.8 Å². The topological polar surface area (TPSA) is 45.7 Å². The summed E-state index contributed by atoms with van der Waals surface area (Å²) in [5.74, 6) is 0.485. The molecule has 0 saturated carbocycles. The molecule has 1 aromatic heterocycles. The molecule has 0 aromatic carbocycles. The van der Waals surface area contributed by atoms with E-state index in [4.69, 9.17) is 4.74 Å². The molecule has 1 aromatic rings. The molecule has 0 aliphatic carbocycles. The van der Waals surface area contributed by atoms with Gasteiger partial charge in [0, 0.05) is 31.9 Å². The average molecular weight is 319 g/mol. The summed E-state index contributed by atoms with van der Waals surface area (Å²) in [6, 6.07) is 6.29. The quantitative estimate of drug-likeness (QED) is 0.854. The summed E-state index contributed by atoms with van der Waals surface area (Å²) in [4.78, 5) is 20.7. The molecule has 0 bridgehead atoms. The van der Waals surface area contributed by atoms with Gasteiger partial charge in [0.15, 0.2) is 0 Å². The number of ether oxygens (including phenoxy) is 1. The molecule has 5 nitrogen and oxygen atoms in total.